The van der Waals surface area contributed by atoms with Gasteiger partial charge in [-0.25, -0.2) is 4.79 Å². The third-order valence-corrected chi connectivity index (χ3v) is 5.07. The van der Waals surface area contributed by atoms with Crippen molar-refractivity contribution in [1.29, 1.82) is 0 Å². The Morgan fingerprint density at radius 3 is 2.72 bits per heavy atom. The van der Waals surface area contributed by atoms with E-state index in [-0.39, 0.29) is 24.5 Å². The molecule has 0 aromatic heterocycles. The number of carboxylic acids is 1. The molecule has 2 amide bonds. The Morgan fingerprint density at radius 2 is 2.00 bits per heavy atom. The molecule has 1 aliphatic carbocycles. The van der Waals surface area contributed by atoms with Gasteiger partial charge < -0.3 is 20.5 Å². The fraction of sp³-hybridized carbons (Fsp3) is 0.500. The van der Waals surface area contributed by atoms with Crippen LogP contribution in [0.4, 0.5) is 0 Å². The molecule has 1 saturated carbocycles. The minimum atomic E-state index is -0.955. The number of likely N-dealkylation sites (tertiary alicyclic amines) is 1. The number of hydrogen-bond acceptors (Lipinski definition) is 4. The van der Waals surface area contributed by atoms with Crippen molar-refractivity contribution in [3.8, 4) is 5.75 Å². The number of fused-ring (bicyclic) bond motifs is 1. The number of amides is 2. The van der Waals surface area contributed by atoms with E-state index in [0.29, 0.717) is 17.7 Å². The molecule has 0 radical (unpaired) electrons. The van der Waals surface area contributed by atoms with E-state index < -0.39 is 17.9 Å². The molecular formula is C18H22N2O5. The number of primary amides is 1. The van der Waals surface area contributed by atoms with Crippen molar-refractivity contribution in [3.63, 3.8) is 0 Å². The number of aliphatic carboxylic acids is 1. The number of carbonyl (C=O) groups excluding carboxylic acids is 2. The van der Waals surface area contributed by atoms with Crippen LogP contribution in [-0.2, 0) is 9.59 Å². The molecule has 3 N–H and O–H groups in total. The van der Waals surface area contributed by atoms with Gasteiger partial charge in [0, 0.05) is 11.6 Å². The lowest BCUT2D eigenvalue weighted by Gasteiger charge is -2.33. The summed E-state index contributed by atoms with van der Waals surface area (Å²) >= 11 is 0. The largest absolute Gasteiger partial charge is 0.484 e. The van der Waals surface area contributed by atoms with Gasteiger partial charge in [0.15, 0.2) is 6.61 Å². The van der Waals surface area contributed by atoms with Crippen molar-refractivity contribution >= 4 is 17.8 Å². The summed E-state index contributed by atoms with van der Waals surface area (Å²) in [5.41, 5.74) is 5.42. The summed E-state index contributed by atoms with van der Waals surface area (Å²) in [4.78, 5) is 37.1. The molecule has 25 heavy (non-hydrogen) atoms. The van der Waals surface area contributed by atoms with Crippen molar-refractivity contribution in [2.24, 2.45) is 11.7 Å². The first-order valence-corrected chi connectivity index (χ1v) is 8.54. The Balaban J connectivity index is 1.83. The topological polar surface area (TPSA) is 110 Å². The number of benzene rings is 1. The molecule has 1 aromatic rings. The molecule has 7 heteroatoms. The summed E-state index contributed by atoms with van der Waals surface area (Å²) in [6, 6.07) is 5.64. The van der Waals surface area contributed by atoms with Gasteiger partial charge in [0.25, 0.3) is 11.8 Å². The third kappa shape index (κ3) is 3.60. The van der Waals surface area contributed by atoms with Crippen molar-refractivity contribution < 1.29 is 24.2 Å². The normalized spacial score (nSPS) is 25.3. The number of nitrogens with two attached hydrogens (primary N) is 1. The summed E-state index contributed by atoms with van der Waals surface area (Å²) in [5, 5.41) is 9.56. The van der Waals surface area contributed by atoms with Crippen LogP contribution in [0.1, 0.15) is 42.5 Å². The molecule has 1 heterocycles. The highest BCUT2D eigenvalue weighted by molar-refractivity contribution is 5.97. The zero-order chi connectivity index (χ0) is 18.0. The number of nitrogens with zero attached hydrogens (tertiary/aromatic N) is 1. The quantitative estimate of drug-likeness (QED) is 0.837. The monoisotopic (exact) mass is 346 g/mol. The highest BCUT2D eigenvalue weighted by Gasteiger charge is 2.47. The fourth-order valence-electron chi connectivity index (χ4n) is 4.00. The second-order valence-electron chi connectivity index (χ2n) is 6.70. The summed E-state index contributed by atoms with van der Waals surface area (Å²) in [5.74, 6) is -1.24. The van der Waals surface area contributed by atoms with Gasteiger partial charge >= 0.3 is 5.97 Å². The van der Waals surface area contributed by atoms with E-state index in [9.17, 15) is 19.5 Å². The van der Waals surface area contributed by atoms with Crippen molar-refractivity contribution in [3.05, 3.63) is 29.8 Å². The molecule has 134 valence electrons. The number of carboxylic acid groups (broad SMARTS) is 1. The fourth-order valence-corrected chi connectivity index (χ4v) is 4.00. The molecule has 2 aliphatic rings. The van der Waals surface area contributed by atoms with Gasteiger partial charge in [0.05, 0.1) is 0 Å². The zero-order valence-corrected chi connectivity index (χ0v) is 13.9. The smallest absolute Gasteiger partial charge is 0.326 e. The van der Waals surface area contributed by atoms with Gasteiger partial charge in [0.2, 0.25) is 0 Å². The predicted molar refractivity (Wildman–Crippen MR) is 89.1 cm³/mol. The second kappa shape index (κ2) is 7.13. The first kappa shape index (κ1) is 17.3. The van der Waals surface area contributed by atoms with Gasteiger partial charge in [-0.15, -0.1) is 0 Å². The third-order valence-electron chi connectivity index (χ3n) is 5.07. The molecular weight excluding hydrogens is 324 g/mol. The van der Waals surface area contributed by atoms with Crippen molar-refractivity contribution in [1.82, 2.24) is 4.90 Å². The van der Waals surface area contributed by atoms with Crippen LogP contribution in [0.25, 0.3) is 0 Å². The SMILES string of the molecule is NC(=O)COc1cccc(C(=O)N2[C@H](C(=O)O)C[C@@H]3CCCC[C@@H]32)c1. The summed E-state index contributed by atoms with van der Waals surface area (Å²) in [7, 11) is 0. The maximum absolute atomic E-state index is 13.0. The lowest BCUT2D eigenvalue weighted by atomic mass is 9.84. The molecule has 3 rings (SSSR count). The maximum atomic E-state index is 13.0. The van der Waals surface area contributed by atoms with Crippen molar-refractivity contribution in [2.75, 3.05) is 6.61 Å². The Morgan fingerprint density at radius 1 is 1.24 bits per heavy atom. The molecule has 1 aliphatic heterocycles. The van der Waals surface area contributed by atoms with Crippen LogP contribution in [0.3, 0.4) is 0 Å². The van der Waals surface area contributed by atoms with Crippen LogP contribution >= 0.6 is 0 Å². The number of hydrogen-bond donors (Lipinski definition) is 2. The molecule has 7 nitrogen and oxygen atoms in total. The first-order chi connectivity index (χ1) is 12.0. The van der Waals surface area contributed by atoms with Gasteiger partial charge in [-0.2, -0.15) is 0 Å². The second-order valence-corrected chi connectivity index (χ2v) is 6.70. The molecule has 1 aromatic carbocycles. The summed E-state index contributed by atoms with van der Waals surface area (Å²) < 4.78 is 5.24. The van der Waals surface area contributed by atoms with E-state index in [4.69, 9.17) is 10.5 Å². The minimum absolute atomic E-state index is 0.0162. The lowest BCUT2D eigenvalue weighted by Crippen LogP contribution is -2.46. The number of carbonyl (C=O) groups is 3. The summed E-state index contributed by atoms with van der Waals surface area (Å²) in [6.07, 6.45) is 4.44. The van der Waals surface area contributed by atoms with Crippen molar-refractivity contribution in [2.45, 2.75) is 44.2 Å². The number of rotatable bonds is 5. The van der Waals surface area contributed by atoms with E-state index in [1.807, 2.05) is 0 Å². The average molecular weight is 346 g/mol. The van der Waals surface area contributed by atoms with E-state index in [1.54, 1.807) is 23.1 Å². The van der Waals surface area contributed by atoms with Gasteiger partial charge in [-0.05, 0) is 43.4 Å². The standard InChI is InChI=1S/C18H22N2O5/c19-16(21)10-25-13-6-3-5-12(8-13)17(22)20-14-7-2-1-4-11(14)9-15(20)18(23)24/h3,5-6,8,11,14-15H,1-2,4,7,9-10H2,(H2,19,21)(H,23,24)/t11-,14-,15-/m0/s1. The van der Waals surface area contributed by atoms with Crippen LogP contribution in [0.2, 0.25) is 0 Å². The molecule has 1 saturated heterocycles. The maximum Gasteiger partial charge on any atom is 0.326 e. The lowest BCUT2D eigenvalue weighted by molar-refractivity contribution is -0.141. The Hall–Kier alpha value is -2.57. The zero-order valence-electron chi connectivity index (χ0n) is 13.9. The minimum Gasteiger partial charge on any atom is -0.484 e. The van der Waals surface area contributed by atoms with Crippen LogP contribution in [0.5, 0.6) is 5.75 Å². The average Bonchev–Trinajstić information content (AvgIpc) is 2.99. The highest BCUT2D eigenvalue weighted by Crippen LogP contribution is 2.40. The number of ether oxygens (including phenoxy) is 1. The van der Waals surface area contributed by atoms with Gasteiger partial charge in [0.1, 0.15) is 11.8 Å². The van der Waals surface area contributed by atoms with E-state index >= 15 is 0 Å². The molecule has 3 atom stereocenters. The first-order valence-electron chi connectivity index (χ1n) is 8.54. The van der Waals surface area contributed by atoms with Crippen LogP contribution < -0.4 is 10.5 Å². The van der Waals surface area contributed by atoms with Gasteiger partial charge in [-0.1, -0.05) is 18.9 Å². The van der Waals surface area contributed by atoms with E-state index in [1.165, 1.54) is 6.07 Å². The molecule has 2 fully saturated rings. The highest BCUT2D eigenvalue weighted by atomic mass is 16.5. The Bertz CT molecular complexity index is 690. The van der Waals surface area contributed by atoms with E-state index in [0.717, 1.165) is 25.7 Å². The Labute approximate surface area is 145 Å². The predicted octanol–water partition coefficient (Wildman–Crippen LogP) is 1.41. The molecule has 0 bridgehead atoms. The Kier molecular flexibility index (Phi) is 4.92. The van der Waals surface area contributed by atoms with Crippen LogP contribution in [0.15, 0.2) is 24.3 Å². The van der Waals surface area contributed by atoms with E-state index in [2.05, 4.69) is 0 Å². The van der Waals surface area contributed by atoms with Crippen LogP contribution in [0, 0.1) is 5.92 Å². The van der Waals surface area contributed by atoms with Gasteiger partial charge in [-0.3, -0.25) is 9.59 Å². The molecule has 0 spiro atoms. The molecule has 0 unspecified atom stereocenters. The van der Waals surface area contributed by atoms with Crippen LogP contribution in [-0.4, -0.2) is 46.5 Å². The summed E-state index contributed by atoms with van der Waals surface area (Å²) in [6.45, 7) is -0.274.